The molecule has 0 unspecified atom stereocenters. The first-order chi connectivity index (χ1) is 4.61. The smallest absolute Gasteiger partial charge is 0.132 e. The van der Waals surface area contributed by atoms with Gasteiger partial charge in [-0.1, -0.05) is 18.2 Å². The van der Waals surface area contributed by atoms with Gasteiger partial charge >= 0.3 is 0 Å². The van der Waals surface area contributed by atoms with E-state index < -0.39 is 0 Å². The molecule has 0 bridgehead atoms. The minimum atomic E-state index is 0. The fraction of sp³-hybridized carbons (Fsp3) is 0.333. The highest BCUT2D eigenvalue weighted by Gasteiger charge is 2.08. The predicted octanol–water partition coefficient (Wildman–Crippen LogP) is 3.04. The molecule has 70 valence electrons. The summed E-state index contributed by atoms with van der Waals surface area (Å²) >= 11 is 0. The van der Waals surface area contributed by atoms with Crippen LogP contribution in [0, 0.1) is 0 Å². The van der Waals surface area contributed by atoms with Gasteiger partial charge in [0.15, 0.2) is 0 Å². The quantitative estimate of drug-likeness (QED) is 0.699. The summed E-state index contributed by atoms with van der Waals surface area (Å²) in [6.07, 6.45) is 0. The van der Waals surface area contributed by atoms with Gasteiger partial charge in [0.05, 0.1) is 21.1 Å². The Morgan fingerprint density at radius 3 is 1.50 bits per heavy atom. The van der Waals surface area contributed by atoms with Gasteiger partial charge in [0.25, 0.3) is 0 Å². The zero-order valence-electron chi connectivity index (χ0n) is 7.65. The van der Waals surface area contributed by atoms with Crippen molar-refractivity contribution in [1.29, 1.82) is 0 Å². The lowest BCUT2D eigenvalue weighted by Gasteiger charge is -2.22. The van der Waals surface area contributed by atoms with Gasteiger partial charge in [-0.3, -0.25) is 4.48 Å². The molecule has 0 heterocycles. The third-order valence-electron chi connectivity index (χ3n) is 1.53. The number of nitrogens with zero attached hydrogens (tertiary/aromatic N) is 1. The van der Waals surface area contributed by atoms with E-state index in [1.165, 1.54) is 5.69 Å². The maximum absolute atomic E-state index is 2.16. The highest BCUT2D eigenvalue weighted by molar-refractivity contribution is 8.93. The Hall–Kier alpha value is 0.140. The SMILES string of the molecule is Br.Br.C[N+](C)(C)c1ccccc1. The van der Waals surface area contributed by atoms with Crippen LogP contribution < -0.4 is 4.48 Å². The molecule has 0 atom stereocenters. The molecule has 0 spiro atoms. The van der Waals surface area contributed by atoms with Gasteiger partial charge in [0.2, 0.25) is 0 Å². The Morgan fingerprint density at radius 1 is 0.833 bits per heavy atom. The Morgan fingerprint density at radius 2 is 1.25 bits per heavy atom. The van der Waals surface area contributed by atoms with Crippen molar-refractivity contribution in [2.45, 2.75) is 0 Å². The van der Waals surface area contributed by atoms with Crippen LogP contribution in [0.1, 0.15) is 0 Å². The summed E-state index contributed by atoms with van der Waals surface area (Å²) in [5.74, 6) is 0. The third-order valence-corrected chi connectivity index (χ3v) is 1.53. The van der Waals surface area contributed by atoms with Crippen molar-refractivity contribution in [2.75, 3.05) is 21.1 Å². The van der Waals surface area contributed by atoms with E-state index in [4.69, 9.17) is 0 Å². The molecule has 0 radical (unpaired) electrons. The van der Waals surface area contributed by atoms with Crippen LogP contribution in [0.4, 0.5) is 5.69 Å². The molecule has 1 nitrogen and oxygen atoms in total. The van der Waals surface area contributed by atoms with Crippen molar-refractivity contribution < 1.29 is 0 Å². The average molecular weight is 298 g/mol. The van der Waals surface area contributed by atoms with Gasteiger partial charge in [-0.05, 0) is 12.1 Å². The maximum atomic E-state index is 2.16. The van der Waals surface area contributed by atoms with Crippen LogP contribution in [0.3, 0.4) is 0 Å². The van der Waals surface area contributed by atoms with E-state index in [2.05, 4.69) is 45.4 Å². The molecule has 0 aliphatic heterocycles. The predicted molar refractivity (Wildman–Crippen MR) is 66.7 cm³/mol. The van der Waals surface area contributed by atoms with Gasteiger partial charge in [0, 0.05) is 0 Å². The van der Waals surface area contributed by atoms with Gasteiger partial charge in [-0.2, -0.15) is 0 Å². The number of para-hydroxylation sites is 1. The van der Waals surface area contributed by atoms with Crippen molar-refractivity contribution in [3.05, 3.63) is 30.3 Å². The van der Waals surface area contributed by atoms with E-state index in [1.807, 2.05) is 6.07 Å². The molecule has 0 fully saturated rings. The van der Waals surface area contributed by atoms with Crippen LogP contribution in [-0.4, -0.2) is 21.1 Å². The van der Waals surface area contributed by atoms with E-state index >= 15 is 0 Å². The Labute approximate surface area is 95.5 Å². The van der Waals surface area contributed by atoms with Crippen LogP contribution in [0.2, 0.25) is 0 Å². The summed E-state index contributed by atoms with van der Waals surface area (Å²) in [5.41, 5.74) is 1.34. The molecule has 0 saturated heterocycles. The number of rotatable bonds is 1. The molecule has 12 heavy (non-hydrogen) atoms. The zero-order valence-corrected chi connectivity index (χ0v) is 11.1. The van der Waals surface area contributed by atoms with Crippen LogP contribution in [0.15, 0.2) is 30.3 Å². The molecule has 0 amide bonds. The lowest BCUT2D eigenvalue weighted by Crippen LogP contribution is -2.34. The fourth-order valence-electron chi connectivity index (χ4n) is 0.875. The summed E-state index contributed by atoms with van der Waals surface area (Å²) < 4.78 is 0.890. The normalized spacial score (nSPS) is 9.58. The van der Waals surface area contributed by atoms with E-state index in [0.717, 1.165) is 4.48 Å². The first-order valence-electron chi connectivity index (χ1n) is 3.48. The summed E-state index contributed by atoms with van der Waals surface area (Å²) in [4.78, 5) is 0. The molecular weight excluding hydrogens is 282 g/mol. The summed E-state index contributed by atoms with van der Waals surface area (Å²) in [7, 11) is 6.49. The zero-order chi connectivity index (χ0) is 7.61. The molecule has 0 saturated carbocycles. The van der Waals surface area contributed by atoms with Gasteiger partial charge in [-0.15, -0.1) is 34.0 Å². The van der Waals surface area contributed by atoms with Gasteiger partial charge in [0.1, 0.15) is 5.69 Å². The van der Waals surface area contributed by atoms with Crippen molar-refractivity contribution in [2.24, 2.45) is 0 Å². The Balaban J connectivity index is 0. The number of halogens is 2. The molecule has 0 aromatic heterocycles. The van der Waals surface area contributed by atoms with Crippen molar-refractivity contribution in [3.8, 4) is 0 Å². The minimum Gasteiger partial charge on any atom is -0.298 e. The van der Waals surface area contributed by atoms with Crippen LogP contribution in [0.25, 0.3) is 0 Å². The number of quaternary nitrogens is 1. The third kappa shape index (κ3) is 4.24. The second-order valence-corrected chi connectivity index (χ2v) is 3.35. The molecule has 1 aromatic carbocycles. The second-order valence-electron chi connectivity index (χ2n) is 3.35. The molecule has 1 rings (SSSR count). The Bertz CT molecular complexity index is 204. The molecule has 0 N–H and O–H groups in total. The van der Waals surface area contributed by atoms with E-state index in [-0.39, 0.29) is 34.0 Å². The average Bonchev–Trinajstić information content (AvgIpc) is 1.88. The highest BCUT2D eigenvalue weighted by Crippen LogP contribution is 2.14. The van der Waals surface area contributed by atoms with Crippen molar-refractivity contribution in [1.82, 2.24) is 4.48 Å². The van der Waals surface area contributed by atoms with Crippen LogP contribution in [-0.2, 0) is 0 Å². The van der Waals surface area contributed by atoms with E-state index in [1.54, 1.807) is 0 Å². The molecule has 1 aromatic rings. The fourth-order valence-corrected chi connectivity index (χ4v) is 0.875. The topological polar surface area (TPSA) is 0 Å². The number of benzene rings is 1. The van der Waals surface area contributed by atoms with Crippen molar-refractivity contribution in [3.63, 3.8) is 0 Å². The lowest BCUT2D eigenvalue weighted by molar-refractivity contribution is 0.486. The highest BCUT2D eigenvalue weighted by atomic mass is 79.9. The number of hydrogen-bond donors (Lipinski definition) is 0. The second kappa shape index (κ2) is 5.73. The summed E-state index contributed by atoms with van der Waals surface area (Å²) in [6, 6.07) is 10.5. The van der Waals surface area contributed by atoms with E-state index in [0.29, 0.717) is 0 Å². The number of hydrogen-bond acceptors (Lipinski definition) is 0. The van der Waals surface area contributed by atoms with Gasteiger partial charge < -0.3 is 0 Å². The minimum absolute atomic E-state index is 0. The monoisotopic (exact) mass is 296 g/mol. The molecule has 0 aliphatic rings. The summed E-state index contributed by atoms with van der Waals surface area (Å²) in [5, 5.41) is 0. The van der Waals surface area contributed by atoms with Gasteiger partial charge in [-0.25, -0.2) is 0 Å². The maximum Gasteiger partial charge on any atom is 0.132 e. The largest absolute Gasteiger partial charge is 0.298 e. The molecule has 3 heteroatoms. The summed E-state index contributed by atoms with van der Waals surface area (Å²) in [6.45, 7) is 0. The Kier molecular flexibility index (Phi) is 7.00. The van der Waals surface area contributed by atoms with Crippen molar-refractivity contribution >= 4 is 39.7 Å². The van der Waals surface area contributed by atoms with E-state index in [9.17, 15) is 0 Å². The molecule has 0 aliphatic carbocycles. The van der Waals surface area contributed by atoms with Crippen LogP contribution in [0.5, 0.6) is 0 Å². The first-order valence-corrected chi connectivity index (χ1v) is 3.48. The first kappa shape index (κ1) is 14.7. The standard InChI is InChI=1S/C9H14N.2BrH/c1-10(2,3)9-7-5-4-6-8-9;;/h4-8H,1-3H3;2*1H/q+1;;. The lowest BCUT2D eigenvalue weighted by atomic mass is 10.3. The van der Waals surface area contributed by atoms with Crippen LogP contribution >= 0.6 is 34.0 Å². The molecular formula is C9H16Br2N+.